The topological polar surface area (TPSA) is 38.5 Å². The molecule has 0 bridgehead atoms. The first-order chi connectivity index (χ1) is 8.73. The number of likely N-dealkylation sites (N-methyl/N-ethyl adjacent to an activating group) is 1. The summed E-state index contributed by atoms with van der Waals surface area (Å²) in [5, 5.41) is 4.35. The Morgan fingerprint density at radius 2 is 2.39 bits per heavy atom. The van der Waals surface area contributed by atoms with Crippen molar-refractivity contribution < 1.29 is 4.74 Å². The Morgan fingerprint density at radius 3 is 3.00 bits per heavy atom. The molecular weight excluding hydrogens is 244 g/mol. The fourth-order valence-electron chi connectivity index (χ4n) is 3.17. The second kappa shape index (κ2) is 6.15. The minimum Gasteiger partial charge on any atom is -0.379 e. The summed E-state index contributed by atoms with van der Waals surface area (Å²) in [6.07, 6.45) is 5.04. The minimum absolute atomic E-state index is 0.00887. The number of methoxy groups -OCH3 is 1. The molecule has 2 unspecified atom stereocenters. The van der Waals surface area contributed by atoms with Crippen LogP contribution in [0.1, 0.15) is 31.2 Å². The lowest BCUT2D eigenvalue weighted by Crippen LogP contribution is -2.61. The van der Waals surface area contributed by atoms with E-state index in [0.717, 1.165) is 19.4 Å². The number of nitrogens with two attached hydrogens (primary N) is 1. The van der Waals surface area contributed by atoms with Crippen LogP contribution in [-0.2, 0) is 11.3 Å². The van der Waals surface area contributed by atoms with E-state index in [9.17, 15) is 0 Å². The van der Waals surface area contributed by atoms with E-state index in [2.05, 4.69) is 28.8 Å². The van der Waals surface area contributed by atoms with Gasteiger partial charge < -0.3 is 10.5 Å². The van der Waals surface area contributed by atoms with Crippen LogP contribution in [-0.4, -0.2) is 37.2 Å². The molecule has 0 spiro atoms. The smallest absolute Gasteiger partial charge is 0.0767 e. The summed E-state index contributed by atoms with van der Waals surface area (Å²) in [6.45, 7) is 1.63. The fraction of sp³-hybridized carbons (Fsp3) is 0.714. The van der Waals surface area contributed by atoms with E-state index in [4.69, 9.17) is 10.5 Å². The van der Waals surface area contributed by atoms with Gasteiger partial charge in [0.25, 0.3) is 0 Å². The molecule has 3 nitrogen and oxygen atoms in total. The molecule has 0 aliphatic heterocycles. The Kier molecular flexibility index (Phi) is 4.78. The molecule has 1 aliphatic carbocycles. The normalized spacial score (nSPS) is 28.8. The highest BCUT2D eigenvalue weighted by Gasteiger charge is 2.43. The molecule has 18 heavy (non-hydrogen) atoms. The predicted molar refractivity (Wildman–Crippen MR) is 76.8 cm³/mol. The summed E-state index contributed by atoms with van der Waals surface area (Å²) in [7, 11) is 4.00. The molecule has 2 rings (SSSR count). The summed E-state index contributed by atoms with van der Waals surface area (Å²) >= 11 is 1.75. The van der Waals surface area contributed by atoms with E-state index in [0.29, 0.717) is 6.54 Å². The Balaban J connectivity index is 2.13. The molecule has 0 radical (unpaired) electrons. The number of nitrogens with zero attached hydrogens (tertiary/aromatic N) is 1. The van der Waals surface area contributed by atoms with Gasteiger partial charge in [0, 0.05) is 20.2 Å². The SMILES string of the molecule is COC1CCCCC1(CN)N(C)Cc1ccsc1. The van der Waals surface area contributed by atoms with Crippen LogP contribution in [0.5, 0.6) is 0 Å². The van der Waals surface area contributed by atoms with Gasteiger partial charge in [0.2, 0.25) is 0 Å². The van der Waals surface area contributed by atoms with Crippen molar-refractivity contribution in [2.45, 2.75) is 43.9 Å². The van der Waals surface area contributed by atoms with Gasteiger partial charge in [-0.1, -0.05) is 12.8 Å². The lowest BCUT2D eigenvalue weighted by Gasteiger charge is -2.48. The van der Waals surface area contributed by atoms with Crippen LogP contribution >= 0.6 is 11.3 Å². The zero-order valence-corrected chi connectivity index (χ0v) is 12.2. The first-order valence-electron chi connectivity index (χ1n) is 6.68. The Hall–Kier alpha value is -0.420. The van der Waals surface area contributed by atoms with Crippen LogP contribution < -0.4 is 5.73 Å². The predicted octanol–water partition coefficient (Wildman–Crippen LogP) is 2.47. The molecule has 2 N–H and O–H groups in total. The number of thiophene rings is 1. The fourth-order valence-corrected chi connectivity index (χ4v) is 3.83. The summed E-state index contributed by atoms with van der Waals surface area (Å²) in [5.74, 6) is 0. The molecule has 0 saturated heterocycles. The Morgan fingerprint density at radius 1 is 1.56 bits per heavy atom. The van der Waals surface area contributed by atoms with E-state index in [1.807, 2.05) is 7.11 Å². The lowest BCUT2D eigenvalue weighted by atomic mass is 9.77. The minimum atomic E-state index is 0.00887. The van der Waals surface area contributed by atoms with Gasteiger partial charge in [0.05, 0.1) is 11.6 Å². The summed E-state index contributed by atoms with van der Waals surface area (Å²) < 4.78 is 5.72. The monoisotopic (exact) mass is 268 g/mol. The molecule has 0 amide bonds. The average Bonchev–Trinajstić information content (AvgIpc) is 2.91. The van der Waals surface area contributed by atoms with E-state index >= 15 is 0 Å². The Bertz CT molecular complexity index is 355. The quantitative estimate of drug-likeness (QED) is 0.891. The lowest BCUT2D eigenvalue weighted by molar-refractivity contribution is -0.0687. The second-order valence-corrected chi connectivity index (χ2v) is 6.05. The van der Waals surface area contributed by atoms with Gasteiger partial charge in [-0.15, -0.1) is 0 Å². The van der Waals surface area contributed by atoms with Crippen LogP contribution in [0.15, 0.2) is 16.8 Å². The molecule has 1 aromatic rings. The Labute approximate surface area is 114 Å². The maximum Gasteiger partial charge on any atom is 0.0767 e. The number of hydrogen-bond donors (Lipinski definition) is 1. The molecule has 1 aliphatic rings. The van der Waals surface area contributed by atoms with Crippen molar-refractivity contribution in [3.8, 4) is 0 Å². The van der Waals surface area contributed by atoms with Gasteiger partial charge >= 0.3 is 0 Å². The third kappa shape index (κ3) is 2.62. The molecule has 0 aromatic carbocycles. The average molecular weight is 268 g/mol. The van der Waals surface area contributed by atoms with Crippen LogP contribution in [0.3, 0.4) is 0 Å². The van der Waals surface area contributed by atoms with Crippen LogP contribution in [0.25, 0.3) is 0 Å². The van der Waals surface area contributed by atoms with Crippen LogP contribution in [0.2, 0.25) is 0 Å². The third-order valence-corrected chi connectivity index (χ3v) is 5.06. The van der Waals surface area contributed by atoms with Gasteiger partial charge in [0.1, 0.15) is 0 Å². The van der Waals surface area contributed by atoms with Crippen molar-refractivity contribution in [2.75, 3.05) is 20.7 Å². The second-order valence-electron chi connectivity index (χ2n) is 5.27. The van der Waals surface area contributed by atoms with Gasteiger partial charge in [-0.3, -0.25) is 4.90 Å². The van der Waals surface area contributed by atoms with Gasteiger partial charge in [-0.25, -0.2) is 0 Å². The molecular formula is C14H24N2OS. The molecule has 4 heteroatoms. The van der Waals surface area contributed by atoms with Gasteiger partial charge in [-0.05, 0) is 42.3 Å². The number of hydrogen-bond acceptors (Lipinski definition) is 4. The third-order valence-electron chi connectivity index (χ3n) is 4.32. The van der Waals surface area contributed by atoms with Crippen LogP contribution in [0, 0.1) is 0 Å². The molecule has 2 atom stereocenters. The molecule has 102 valence electrons. The molecule has 1 heterocycles. The highest BCUT2D eigenvalue weighted by Crippen LogP contribution is 2.35. The summed E-state index contributed by atoms with van der Waals surface area (Å²) in [5.41, 5.74) is 7.49. The van der Waals surface area contributed by atoms with Crippen molar-refractivity contribution in [3.05, 3.63) is 22.4 Å². The van der Waals surface area contributed by atoms with E-state index in [-0.39, 0.29) is 11.6 Å². The van der Waals surface area contributed by atoms with Crippen molar-refractivity contribution >= 4 is 11.3 Å². The molecule has 1 aromatic heterocycles. The maximum absolute atomic E-state index is 6.12. The van der Waals surface area contributed by atoms with Crippen molar-refractivity contribution in [2.24, 2.45) is 5.73 Å². The van der Waals surface area contributed by atoms with E-state index < -0.39 is 0 Å². The largest absolute Gasteiger partial charge is 0.379 e. The zero-order chi connectivity index (χ0) is 13.0. The number of ether oxygens (including phenoxy) is 1. The van der Waals surface area contributed by atoms with Crippen molar-refractivity contribution in [3.63, 3.8) is 0 Å². The van der Waals surface area contributed by atoms with E-state index in [1.165, 1.54) is 18.4 Å². The highest BCUT2D eigenvalue weighted by atomic mass is 32.1. The standard InChI is InChI=1S/C14H24N2OS/c1-16(9-12-6-8-18-10-12)14(11-15)7-4-3-5-13(14)17-2/h6,8,10,13H,3-5,7,9,11,15H2,1-2H3. The van der Waals surface area contributed by atoms with E-state index in [1.54, 1.807) is 11.3 Å². The highest BCUT2D eigenvalue weighted by molar-refractivity contribution is 7.07. The zero-order valence-electron chi connectivity index (χ0n) is 11.4. The first kappa shape index (κ1) is 14.0. The molecule has 1 saturated carbocycles. The van der Waals surface area contributed by atoms with Crippen molar-refractivity contribution in [1.29, 1.82) is 0 Å². The van der Waals surface area contributed by atoms with Gasteiger partial charge in [-0.2, -0.15) is 11.3 Å². The number of rotatable bonds is 5. The summed E-state index contributed by atoms with van der Waals surface area (Å²) in [6, 6.07) is 2.19. The van der Waals surface area contributed by atoms with Crippen LogP contribution in [0.4, 0.5) is 0 Å². The molecule has 1 fully saturated rings. The first-order valence-corrected chi connectivity index (χ1v) is 7.62. The summed E-state index contributed by atoms with van der Waals surface area (Å²) in [4.78, 5) is 2.41. The van der Waals surface area contributed by atoms with Gasteiger partial charge in [0.15, 0.2) is 0 Å². The maximum atomic E-state index is 6.12. The van der Waals surface area contributed by atoms with Crippen molar-refractivity contribution in [1.82, 2.24) is 4.90 Å².